The van der Waals surface area contributed by atoms with Crippen LogP contribution in [0.5, 0.6) is 0 Å². The first-order valence-corrected chi connectivity index (χ1v) is 8.16. The van der Waals surface area contributed by atoms with Crippen molar-refractivity contribution in [2.45, 2.75) is 0 Å². The summed E-state index contributed by atoms with van der Waals surface area (Å²) in [6.45, 7) is 0. The van der Waals surface area contributed by atoms with Crippen molar-refractivity contribution in [2.24, 2.45) is 11.5 Å². The zero-order valence-corrected chi connectivity index (χ0v) is 7.15. The molecule has 4 heteroatoms. The molecule has 2 nitrogen and oxygen atoms in total. The van der Waals surface area contributed by atoms with Crippen molar-refractivity contribution in [1.82, 2.24) is 0 Å². The van der Waals surface area contributed by atoms with Gasteiger partial charge in [0.05, 0.1) is 0 Å². The van der Waals surface area contributed by atoms with Crippen LogP contribution in [0.3, 0.4) is 0 Å². The zero-order valence-electron chi connectivity index (χ0n) is 3.48. The standard InChI is InChI=1S/CH5NS.CH4N.Sn/c2-1-3;1-2;/h3H,1-2H2;1-2H2;/q;;+1/p-1. The van der Waals surface area contributed by atoms with Gasteiger partial charge in [-0.05, 0) is 0 Å². The minimum atomic E-state index is -0.231. The van der Waals surface area contributed by atoms with Crippen LogP contribution in [0.2, 0.25) is 0 Å². The molecule has 6 heavy (non-hydrogen) atoms. The predicted octanol–water partition coefficient (Wildman–Crippen LogP) is -0.829. The van der Waals surface area contributed by atoms with Gasteiger partial charge in [-0.3, -0.25) is 0 Å². The summed E-state index contributed by atoms with van der Waals surface area (Å²) >= 11 is -0.231. The Labute approximate surface area is 50.7 Å². The van der Waals surface area contributed by atoms with Gasteiger partial charge in [-0.2, -0.15) is 0 Å². The monoisotopic (exact) mass is 212 g/mol. The molecule has 0 saturated carbocycles. The summed E-state index contributed by atoms with van der Waals surface area (Å²) in [7, 11) is 1.83. The third-order valence-corrected chi connectivity index (χ3v) is 5.41. The van der Waals surface area contributed by atoms with E-state index in [9.17, 15) is 0 Å². The van der Waals surface area contributed by atoms with Gasteiger partial charge in [0.15, 0.2) is 0 Å². The van der Waals surface area contributed by atoms with Crippen molar-refractivity contribution in [2.75, 3.05) is 10.4 Å². The molecule has 0 aliphatic heterocycles. The normalized spacial score (nSPS) is 9.00. The van der Waals surface area contributed by atoms with Gasteiger partial charge in [0.25, 0.3) is 0 Å². The van der Waals surface area contributed by atoms with E-state index < -0.39 is 0 Å². The minimum absolute atomic E-state index is 0.231. The van der Waals surface area contributed by atoms with Crippen LogP contribution in [0.1, 0.15) is 0 Å². The second-order valence-corrected chi connectivity index (χ2v) is 7.68. The molecule has 0 aliphatic carbocycles. The molecule has 0 aromatic rings. The molecule has 0 unspecified atom stereocenters. The van der Waals surface area contributed by atoms with E-state index in [-0.39, 0.29) is 19.8 Å². The molecule has 36 valence electrons. The van der Waals surface area contributed by atoms with Crippen LogP contribution >= 0.6 is 8.95 Å². The van der Waals surface area contributed by atoms with E-state index in [0.717, 1.165) is 10.4 Å². The molecule has 0 spiro atoms. The molecular weight excluding hydrogens is 203 g/mol. The Kier molecular flexibility index (Phi) is 7.15. The second-order valence-electron chi connectivity index (χ2n) is 0.659. The van der Waals surface area contributed by atoms with Crippen LogP contribution in [-0.4, -0.2) is 30.2 Å². The van der Waals surface area contributed by atoms with Crippen molar-refractivity contribution < 1.29 is 0 Å². The number of hydrogen-bond acceptors (Lipinski definition) is 3. The van der Waals surface area contributed by atoms with Crippen LogP contribution in [0, 0.1) is 0 Å². The van der Waals surface area contributed by atoms with E-state index in [0.29, 0.717) is 0 Å². The summed E-state index contributed by atoms with van der Waals surface area (Å²) in [5, 5.41) is 0. The maximum atomic E-state index is 5.21. The van der Waals surface area contributed by atoms with Crippen LogP contribution in [0.15, 0.2) is 0 Å². The number of rotatable bonds is 3. The summed E-state index contributed by atoms with van der Waals surface area (Å²) in [6.07, 6.45) is 0. The summed E-state index contributed by atoms with van der Waals surface area (Å²) < 4.78 is 0.908. The molecule has 0 aromatic carbocycles. The average Bonchev–Trinajstić information content (AvgIpc) is 1.61. The topological polar surface area (TPSA) is 52.0 Å². The van der Waals surface area contributed by atoms with E-state index in [4.69, 9.17) is 11.5 Å². The van der Waals surface area contributed by atoms with Gasteiger partial charge in [0.1, 0.15) is 0 Å². The van der Waals surface area contributed by atoms with E-state index in [1.807, 2.05) is 8.95 Å². The fourth-order valence-corrected chi connectivity index (χ4v) is 2.37. The SMILES string of the molecule is NC[S][Sn][CH2]N. The Hall–Kier alpha value is 1.07. The van der Waals surface area contributed by atoms with E-state index in [1.165, 1.54) is 0 Å². The molecule has 0 aliphatic rings. The maximum absolute atomic E-state index is 5.21. The van der Waals surface area contributed by atoms with Gasteiger partial charge in [0, 0.05) is 0 Å². The van der Waals surface area contributed by atoms with Crippen molar-refractivity contribution in [3.05, 3.63) is 0 Å². The molecule has 0 aromatic heterocycles. The second kappa shape index (κ2) is 6.07. The molecular formula is C2H8N2SSn. The van der Waals surface area contributed by atoms with Gasteiger partial charge in [-0.1, -0.05) is 0 Å². The van der Waals surface area contributed by atoms with Gasteiger partial charge in [0.2, 0.25) is 0 Å². The van der Waals surface area contributed by atoms with Crippen LogP contribution in [0.25, 0.3) is 0 Å². The van der Waals surface area contributed by atoms with E-state index in [1.54, 1.807) is 0 Å². The Balaban J connectivity index is 2.34. The Morgan fingerprint density at radius 2 is 2.17 bits per heavy atom. The molecule has 0 saturated heterocycles. The van der Waals surface area contributed by atoms with Crippen LogP contribution in [-0.2, 0) is 0 Å². The van der Waals surface area contributed by atoms with Gasteiger partial charge in [-0.25, -0.2) is 0 Å². The van der Waals surface area contributed by atoms with Crippen molar-refractivity contribution >= 4 is 28.7 Å². The fourth-order valence-electron chi connectivity index (χ4n) is 0.118. The predicted molar refractivity (Wildman–Crippen MR) is 31.5 cm³/mol. The Bertz CT molecular complexity index is 23.5. The first kappa shape index (κ1) is 7.07. The summed E-state index contributed by atoms with van der Waals surface area (Å²) in [5.74, 6) is 0.767. The van der Waals surface area contributed by atoms with Crippen molar-refractivity contribution in [1.29, 1.82) is 0 Å². The van der Waals surface area contributed by atoms with Crippen LogP contribution < -0.4 is 11.5 Å². The average molecular weight is 211 g/mol. The summed E-state index contributed by atoms with van der Waals surface area (Å²) in [5.41, 5.74) is 10.4. The summed E-state index contributed by atoms with van der Waals surface area (Å²) in [4.78, 5) is 0. The first-order chi connectivity index (χ1) is 2.91. The molecule has 0 amide bonds. The third-order valence-electron chi connectivity index (χ3n) is 0.269. The summed E-state index contributed by atoms with van der Waals surface area (Å²) in [6, 6.07) is 0. The first-order valence-electron chi connectivity index (χ1n) is 1.66. The van der Waals surface area contributed by atoms with E-state index in [2.05, 4.69) is 0 Å². The molecule has 0 heterocycles. The fraction of sp³-hybridized carbons (Fsp3) is 1.00. The third kappa shape index (κ3) is 5.07. The quantitative estimate of drug-likeness (QED) is 0.364. The zero-order chi connectivity index (χ0) is 4.83. The van der Waals surface area contributed by atoms with Gasteiger partial charge >= 0.3 is 50.6 Å². The number of hydrogen-bond donors (Lipinski definition) is 2. The van der Waals surface area contributed by atoms with Gasteiger partial charge < -0.3 is 0 Å². The molecule has 0 bridgehead atoms. The molecule has 4 N–H and O–H groups in total. The van der Waals surface area contributed by atoms with Gasteiger partial charge in [-0.15, -0.1) is 0 Å². The van der Waals surface area contributed by atoms with Crippen molar-refractivity contribution in [3.8, 4) is 0 Å². The molecule has 2 radical (unpaired) electrons. The van der Waals surface area contributed by atoms with Crippen molar-refractivity contribution in [3.63, 3.8) is 0 Å². The Morgan fingerprint density at radius 3 is 2.33 bits per heavy atom. The molecule has 0 atom stereocenters. The Morgan fingerprint density at radius 1 is 1.50 bits per heavy atom. The van der Waals surface area contributed by atoms with E-state index >= 15 is 0 Å². The molecule has 0 rings (SSSR count). The van der Waals surface area contributed by atoms with Crippen LogP contribution in [0.4, 0.5) is 0 Å². The molecule has 0 fully saturated rings. The number of nitrogens with two attached hydrogens (primary N) is 2.